The Labute approximate surface area is 201 Å². The predicted molar refractivity (Wildman–Crippen MR) is 129 cm³/mol. The SMILES string of the molecule is CC#CC(=O)N1C(NN)=c2c([nH]c(=O)n2-c2ccc(Oc3ccccc3)cc2)=NC1C1CCNC1. The zero-order valence-electron chi connectivity index (χ0n) is 19.1. The number of nitrogens with one attached hydrogen (secondary N) is 3. The van der Waals surface area contributed by atoms with E-state index in [0.717, 1.165) is 13.0 Å². The Morgan fingerprint density at radius 1 is 1.17 bits per heavy atom. The summed E-state index contributed by atoms with van der Waals surface area (Å²) in [6.45, 7) is 3.11. The van der Waals surface area contributed by atoms with Crippen LogP contribution in [0.1, 0.15) is 13.3 Å². The van der Waals surface area contributed by atoms with Crippen molar-refractivity contribution >= 4 is 11.7 Å². The summed E-state index contributed by atoms with van der Waals surface area (Å²) in [5.74, 6) is 12.4. The molecule has 35 heavy (non-hydrogen) atoms. The summed E-state index contributed by atoms with van der Waals surface area (Å²) in [5, 5.41) is 3.66. The number of fused-ring (bicyclic) bond motifs is 1. The van der Waals surface area contributed by atoms with Gasteiger partial charge >= 0.3 is 11.6 Å². The van der Waals surface area contributed by atoms with E-state index in [2.05, 4.69) is 27.6 Å². The molecule has 0 saturated carbocycles. The van der Waals surface area contributed by atoms with E-state index < -0.39 is 17.8 Å². The number of ether oxygens (including phenoxy) is 1. The highest BCUT2D eigenvalue weighted by Gasteiger charge is 2.37. The largest absolute Gasteiger partial charge is 0.457 e. The average Bonchev–Trinajstić information content (AvgIpc) is 3.52. The standard InChI is InChI=1S/C25H25N7O3/c1-2-6-20(33)32-23(16-13-14-27-15-16)28-22-21(24(32)30-26)31(25(34)29-22)17-9-11-19(12-10-17)35-18-7-4-3-5-8-18/h3-5,7-12,16,23,27,30H,13-15,26H2,1H3,(H,28,29,34). The van der Waals surface area contributed by atoms with Gasteiger partial charge in [-0.25, -0.2) is 15.6 Å². The normalized spacial score (nSPS) is 18.8. The minimum Gasteiger partial charge on any atom is -0.457 e. The fourth-order valence-corrected chi connectivity index (χ4v) is 4.48. The number of carbonyl (C=O) groups is 1. The maximum Gasteiger partial charge on any atom is 0.332 e. The van der Waals surface area contributed by atoms with E-state index in [9.17, 15) is 9.59 Å². The van der Waals surface area contributed by atoms with Crippen molar-refractivity contribution in [2.45, 2.75) is 19.5 Å². The summed E-state index contributed by atoms with van der Waals surface area (Å²) in [4.78, 5) is 35.2. The summed E-state index contributed by atoms with van der Waals surface area (Å²) in [7, 11) is 0. The lowest BCUT2D eigenvalue weighted by Gasteiger charge is -2.34. The number of aromatic nitrogens is 2. The molecule has 10 nitrogen and oxygen atoms in total. The number of aromatic amines is 1. The summed E-state index contributed by atoms with van der Waals surface area (Å²) in [6.07, 6.45) is 0.281. The van der Waals surface area contributed by atoms with Gasteiger partial charge in [0.1, 0.15) is 23.0 Å². The van der Waals surface area contributed by atoms with E-state index in [1.54, 1.807) is 31.2 Å². The van der Waals surface area contributed by atoms with Crippen molar-refractivity contribution in [1.82, 2.24) is 25.2 Å². The molecule has 2 aromatic carbocycles. The number of imidazole rings is 1. The van der Waals surface area contributed by atoms with Gasteiger partial charge in [0.25, 0.3) is 0 Å². The molecule has 178 valence electrons. The first-order valence-corrected chi connectivity index (χ1v) is 11.3. The Morgan fingerprint density at radius 2 is 1.91 bits per heavy atom. The molecule has 5 N–H and O–H groups in total. The molecule has 10 heteroatoms. The van der Waals surface area contributed by atoms with Crippen LogP contribution in [0.25, 0.3) is 11.5 Å². The van der Waals surface area contributed by atoms with Gasteiger partial charge in [0.2, 0.25) is 0 Å². The number of amides is 1. The van der Waals surface area contributed by atoms with Crippen LogP contribution in [0, 0.1) is 17.8 Å². The van der Waals surface area contributed by atoms with Gasteiger partial charge in [-0.1, -0.05) is 24.1 Å². The number of hydrogen-bond acceptors (Lipinski definition) is 7. The Balaban J connectivity index is 1.62. The highest BCUT2D eigenvalue weighted by molar-refractivity contribution is 5.97. The maximum atomic E-state index is 13.1. The molecule has 3 aromatic rings. The van der Waals surface area contributed by atoms with E-state index in [-0.39, 0.29) is 11.7 Å². The van der Waals surface area contributed by atoms with Crippen LogP contribution in [-0.2, 0) is 4.79 Å². The van der Waals surface area contributed by atoms with Crippen LogP contribution in [0.4, 0.5) is 0 Å². The van der Waals surface area contributed by atoms with E-state index in [0.29, 0.717) is 34.6 Å². The molecule has 0 bridgehead atoms. The second kappa shape index (κ2) is 9.50. The maximum absolute atomic E-state index is 13.1. The first kappa shape index (κ1) is 22.5. The van der Waals surface area contributed by atoms with Gasteiger partial charge in [-0.05, 0) is 62.2 Å². The third-order valence-corrected chi connectivity index (χ3v) is 6.05. The van der Waals surface area contributed by atoms with Crippen molar-refractivity contribution in [3.05, 3.63) is 75.9 Å². The van der Waals surface area contributed by atoms with E-state index in [4.69, 9.17) is 15.6 Å². The van der Waals surface area contributed by atoms with E-state index in [1.807, 2.05) is 30.3 Å². The Bertz CT molecular complexity index is 1470. The van der Waals surface area contributed by atoms with Crippen molar-refractivity contribution in [2.24, 2.45) is 16.8 Å². The molecule has 2 unspecified atom stereocenters. The lowest BCUT2D eigenvalue weighted by atomic mass is 10.0. The van der Waals surface area contributed by atoms with Crippen molar-refractivity contribution in [3.63, 3.8) is 0 Å². The van der Waals surface area contributed by atoms with Crippen LogP contribution < -0.4 is 37.8 Å². The first-order valence-electron chi connectivity index (χ1n) is 11.3. The summed E-state index contributed by atoms with van der Waals surface area (Å²) >= 11 is 0. The van der Waals surface area contributed by atoms with Crippen molar-refractivity contribution in [3.8, 4) is 29.0 Å². The fraction of sp³-hybridized carbons (Fsp3) is 0.240. The Morgan fingerprint density at radius 3 is 2.57 bits per heavy atom. The van der Waals surface area contributed by atoms with Gasteiger partial charge in [0.05, 0.1) is 5.69 Å². The number of hydrazine groups is 1. The number of H-pyrrole nitrogens is 1. The van der Waals surface area contributed by atoms with E-state index in [1.165, 1.54) is 9.47 Å². The van der Waals surface area contributed by atoms with Crippen LogP contribution in [-0.4, -0.2) is 39.6 Å². The smallest absolute Gasteiger partial charge is 0.332 e. The van der Waals surface area contributed by atoms with Gasteiger partial charge in [0.15, 0.2) is 11.3 Å². The monoisotopic (exact) mass is 471 g/mol. The highest BCUT2D eigenvalue weighted by Crippen LogP contribution is 2.24. The molecule has 0 spiro atoms. The molecular formula is C25H25N7O3. The van der Waals surface area contributed by atoms with Crippen LogP contribution >= 0.6 is 0 Å². The number of nitrogens with two attached hydrogens (primary N) is 1. The lowest BCUT2D eigenvalue weighted by molar-refractivity contribution is -0.124. The van der Waals surface area contributed by atoms with E-state index >= 15 is 0 Å². The zero-order chi connectivity index (χ0) is 24.4. The lowest BCUT2D eigenvalue weighted by Crippen LogP contribution is -2.56. The molecule has 0 aliphatic carbocycles. The van der Waals surface area contributed by atoms with Crippen LogP contribution in [0.3, 0.4) is 0 Å². The quantitative estimate of drug-likeness (QED) is 0.234. The highest BCUT2D eigenvalue weighted by atomic mass is 16.5. The molecule has 1 aromatic heterocycles. The van der Waals surface area contributed by atoms with Crippen LogP contribution in [0.15, 0.2) is 64.4 Å². The van der Waals surface area contributed by atoms with Crippen molar-refractivity contribution in [2.75, 3.05) is 13.1 Å². The number of benzene rings is 2. The summed E-state index contributed by atoms with van der Waals surface area (Å²) < 4.78 is 7.29. The van der Waals surface area contributed by atoms with Crippen molar-refractivity contribution in [1.29, 1.82) is 0 Å². The topological polar surface area (TPSA) is 130 Å². The molecule has 0 radical (unpaired) electrons. The fourth-order valence-electron chi connectivity index (χ4n) is 4.48. The van der Waals surface area contributed by atoms with Gasteiger partial charge in [0, 0.05) is 12.5 Å². The first-order chi connectivity index (χ1) is 17.1. The van der Waals surface area contributed by atoms with Crippen LogP contribution in [0.2, 0.25) is 0 Å². The number of para-hydroxylation sites is 1. The van der Waals surface area contributed by atoms with Gasteiger partial charge in [-0.3, -0.25) is 19.2 Å². The zero-order valence-corrected chi connectivity index (χ0v) is 19.1. The second-order valence-electron chi connectivity index (χ2n) is 8.21. The Kier molecular flexibility index (Phi) is 6.10. The molecule has 2 aliphatic heterocycles. The summed E-state index contributed by atoms with van der Waals surface area (Å²) in [5.41, 5.74) is 3.16. The number of hydrogen-bond donors (Lipinski definition) is 4. The third-order valence-electron chi connectivity index (χ3n) is 6.05. The van der Waals surface area contributed by atoms with Gasteiger partial charge in [-0.15, -0.1) is 0 Å². The molecule has 5 rings (SSSR count). The van der Waals surface area contributed by atoms with Crippen LogP contribution in [0.5, 0.6) is 11.5 Å². The third kappa shape index (κ3) is 4.19. The summed E-state index contributed by atoms with van der Waals surface area (Å²) in [6, 6.07) is 16.5. The molecular weight excluding hydrogens is 446 g/mol. The molecule has 1 amide bonds. The molecule has 3 heterocycles. The molecule has 1 fully saturated rings. The van der Waals surface area contributed by atoms with Crippen molar-refractivity contribution < 1.29 is 9.53 Å². The number of carbonyl (C=O) groups excluding carboxylic acids is 1. The predicted octanol–water partition coefficient (Wildman–Crippen LogP) is -0.0924. The molecule has 2 aliphatic rings. The second-order valence-corrected chi connectivity index (χ2v) is 8.21. The van der Waals surface area contributed by atoms with Gasteiger partial charge < -0.3 is 15.5 Å². The average molecular weight is 472 g/mol. The minimum absolute atomic E-state index is 0.0513. The number of rotatable bonds is 5. The molecule has 1 saturated heterocycles. The number of nitrogens with zero attached hydrogens (tertiary/aromatic N) is 3. The Hall–Kier alpha value is -4.33. The van der Waals surface area contributed by atoms with Gasteiger partial charge in [-0.2, -0.15) is 0 Å². The molecule has 2 atom stereocenters. The minimum atomic E-state index is -0.551.